The van der Waals surface area contributed by atoms with Crippen LogP contribution in [0.3, 0.4) is 0 Å². The largest absolute Gasteiger partial charge is 0.403 e. The van der Waals surface area contributed by atoms with E-state index in [-0.39, 0.29) is 13.2 Å². The maximum absolute atomic E-state index is 12.5. The van der Waals surface area contributed by atoms with E-state index in [2.05, 4.69) is 0 Å². The van der Waals surface area contributed by atoms with E-state index in [1.54, 1.807) is 0 Å². The van der Waals surface area contributed by atoms with E-state index in [9.17, 15) is 31.4 Å². The lowest BCUT2D eigenvalue weighted by Gasteiger charge is -2.27. The van der Waals surface area contributed by atoms with Crippen molar-refractivity contribution < 1.29 is 36.2 Å². The van der Waals surface area contributed by atoms with Gasteiger partial charge in [0.25, 0.3) is 0 Å². The van der Waals surface area contributed by atoms with Gasteiger partial charge in [-0.3, -0.25) is 0 Å². The molecule has 2 rings (SSSR count). The number of fused-ring (bicyclic) bond motifs is 1. The van der Waals surface area contributed by atoms with Gasteiger partial charge in [0.05, 0.1) is 19.3 Å². The van der Waals surface area contributed by atoms with Gasteiger partial charge in [-0.15, -0.1) is 0 Å². The molecule has 1 unspecified atom stereocenters. The highest BCUT2D eigenvalue weighted by Crippen LogP contribution is 2.46. The van der Waals surface area contributed by atoms with Gasteiger partial charge in [-0.25, -0.2) is 0 Å². The third-order valence-electron chi connectivity index (χ3n) is 3.11. The zero-order valence-corrected chi connectivity index (χ0v) is 9.92. The molecule has 0 fully saturated rings. The molecule has 0 radical (unpaired) electrons. The molecule has 20 heavy (non-hydrogen) atoms. The molecule has 8 heteroatoms. The quantitative estimate of drug-likeness (QED) is 0.847. The molecule has 0 saturated carbocycles. The van der Waals surface area contributed by atoms with E-state index >= 15 is 0 Å². The van der Waals surface area contributed by atoms with Crippen LogP contribution >= 0.6 is 0 Å². The molecule has 0 amide bonds. The molecule has 0 saturated heterocycles. The van der Waals surface area contributed by atoms with Crippen molar-refractivity contribution in [2.24, 2.45) is 5.92 Å². The summed E-state index contributed by atoms with van der Waals surface area (Å²) in [6.45, 7) is 0.367. The lowest BCUT2D eigenvalue weighted by Crippen LogP contribution is -2.40. The van der Waals surface area contributed by atoms with Crippen molar-refractivity contribution in [2.75, 3.05) is 0 Å². The van der Waals surface area contributed by atoms with Crippen LogP contribution in [0.15, 0.2) is 18.2 Å². The zero-order chi connectivity index (χ0) is 15.1. The fourth-order valence-corrected chi connectivity index (χ4v) is 2.11. The third kappa shape index (κ3) is 2.90. The highest BCUT2D eigenvalue weighted by molar-refractivity contribution is 5.34. The second-order valence-electron chi connectivity index (χ2n) is 4.53. The topological polar surface area (TPSA) is 29.5 Å². The van der Waals surface area contributed by atoms with Crippen molar-refractivity contribution >= 4 is 0 Å². The monoisotopic (exact) mass is 300 g/mol. The molecule has 1 aliphatic rings. The number of rotatable bonds is 2. The molecular formula is C12H10F6O2. The smallest absolute Gasteiger partial charge is 0.387 e. The first-order valence-electron chi connectivity index (χ1n) is 5.61. The Morgan fingerprint density at radius 1 is 0.950 bits per heavy atom. The van der Waals surface area contributed by atoms with Crippen LogP contribution in [0.2, 0.25) is 0 Å². The lowest BCUT2D eigenvalue weighted by molar-refractivity contribution is -0.307. The molecule has 2 nitrogen and oxygen atoms in total. The first-order chi connectivity index (χ1) is 9.10. The summed E-state index contributed by atoms with van der Waals surface area (Å²) in [5.41, 5.74) is 0.759. The van der Waals surface area contributed by atoms with Crippen LogP contribution in [-0.4, -0.2) is 17.5 Å². The van der Waals surface area contributed by atoms with Crippen LogP contribution in [0.5, 0.6) is 0 Å². The number of aliphatic hydroxyl groups excluding tert-OH is 1. The number of ether oxygens (including phenoxy) is 1. The third-order valence-corrected chi connectivity index (χ3v) is 3.11. The average Bonchev–Trinajstić information content (AvgIpc) is 2.71. The molecule has 112 valence electrons. The van der Waals surface area contributed by atoms with Gasteiger partial charge in [-0.2, -0.15) is 26.3 Å². The summed E-state index contributed by atoms with van der Waals surface area (Å²) < 4.78 is 80.1. The zero-order valence-electron chi connectivity index (χ0n) is 9.92. The molecule has 1 aliphatic heterocycles. The summed E-state index contributed by atoms with van der Waals surface area (Å²) in [5.74, 6) is -3.81. The molecule has 0 spiro atoms. The summed E-state index contributed by atoms with van der Waals surface area (Å²) in [6, 6.07) is 3.55. The van der Waals surface area contributed by atoms with Gasteiger partial charge >= 0.3 is 12.4 Å². The van der Waals surface area contributed by atoms with Crippen LogP contribution in [-0.2, 0) is 18.0 Å². The van der Waals surface area contributed by atoms with Gasteiger partial charge in [0, 0.05) is 0 Å². The van der Waals surface area contributed by atoms with E-state index in [1.165, 1.54) is 6.07 Å². The highest BCUT2D eigenvalue weighted by Gasteiger charge is 2.60. The highest BCUT2D eigenvalue weighted by atomic mass is 19.4. The Labute approximate surface area is 110 Å². The van der Waals surface area contributed by atoms with Gasteiger partial charge in [-0.1, -0.05) is 18.2 Å². The minimum Gasteiger partial charge on any atom is -0.387 e. The molecule has 1 atom stereocenters. The van der Waals surface area contributed by atoms with Gasteiger partial charge in [0.15, 0.2) is 5.92 Å². The van der Waals surface area contributed by atoms with Crippen molar-refractivity contribution in [3.05, 3.63) is 34.9 Å². The fourth-order valence-electron chi connectivity index (χ4n) is 2.11. The summed E-state index contributed by atoms with van der Waals surface area (Å²) in [4.78, 5) is 0. The molecular weight excluding hydrogens is 290 g/mol. The van der Waals surface area contributed by atoms with E-state index in [1.807, 2.05) is 0 Å². The standard InChI is InChI=1S/C12H10F6O2/c13-11(14,15)10(12(16,17)18)9(19)6-1-2-7-4-20-5-8(7)3-6/h1-3,9-10,19H,4-5H2. The minimum atomic E-state index is -5.58. The SMILES string of the molecule is OC(c1ccc2c(c1)COC2)C(C(F)(F)F)C(F)(F)F. The summed E-state index contributed by atoms with van der Waals surface area (Å²) >= 11 is 0. The van der Waals surface area contributed by atoms with Crippen molar-refractivity contribution in [1.82, 2.24) is 0 Å². The van der Waals surface area contributed by atoms with Gasteiger partial charge in [0.1, 0.15) is 0 Å². The van der Waals surface area contributed by atoms with Gasteiger partial charge < -0.3 is 9.84 Å². The second-order valence-corrected chi connectivity index (χ2v) is 4.53. The van der Waals surface area contributed by atoms with Crippen LogP contribution in [0.4, 0.5) is 26.3 Å². The van der Waals surface area contributed by atoms with E-state index in [0.717, 1.165) is 12.1 Å². The van der Waals surface area contributed by atoms with E-state index in [4.69, 9.17) is 4.74 Å². The fraction of sp³-hybridized carbons (Fsp3) is 0.500. The molecule has 0 bridgehead atoms. The van der Waals surface area contributed by atoms with Crippen molar-refractivity contribution in [2.45, 2.75) is 31.7 Å². The van der Waals surface area contributed by atoms with Gasteiger partial charge in [-0.05, 0) is 16.7 Å². The van der Waals surface area contributed by atoms with Crippen molar-refractivity contribution in [1.29, 1.82) is 0 Å². The van der Waals surface area contributed by atoms with E-state index < -0.39 is 29.9 Å². The molecule has 1 aromatic carbocycles. The van der Waals surface area contributed by atoms with Crippen LogP contribution in [0.1, 0.15) is 22.8 Å². The average molecular weight is 300 g/mol. The predicted octanol–water partition coefficient (Wildman–Crippen LogP) is 3.49. The Morgan fingerprint density at radius 3 is 2.05 bits per heavy atom. The maximum Gasteiger partial charge on any atom is 0.403 e. The maximum atomic E-state index is 12.5. The Morgan fingerprint density at radius 2 is 1.50 bits per heavy atom. The Hall–Kier alpha value is -1.28. The molecule has 0 aliphatic carbocycles. The lowest BCUT2D eigenvalue weighted by atomic mass is 9.92. The van der Waals surface area contributed by atoms with Crippen LogP contribution < -0.4 is 0 Å². The Balaban J connectivity index is 2.35. The number of hydrogen-bond donors (Lipinski definition) is 1. The first kappa shape index (κ1) is 15.1. The van der Waals surface area contributed by atoms with Gasteiger partial charge in [0.2, 0.25) is 0 Å². The van der Waals surface area contributed by atoms with Crippen molar-refractivity contribution in [3.8, 4) is 0 Å². The second kappa shape index (κ2) is 4.92. The van der Waals surface area contributed by atoms with Crippen LogP contribution in [0, 0.1) is 5.92 Å². The molecule has 1 heterocycles. The number of aliphatic hydroxyl groups is 1. The number of alkyl halides is 6. The minimum absolute atomic E-state index is 0.110. The molecule has 1 N–H and O–H groups in total. The van der Waals surface area contributed by atoms with Crippen LogP contribution in [0.25, 0.3) is 0 Å². The Kier molecular flexibility index (Phi) is 3.72. The molecule has 1 aromatic rings. The van der Waals surface area contributed by atoms with Crippen molar-refractivity contribution in [3.63, 3.8) is 0 Å². The number of hydrogen-bond acceptors (Lipinski definition) is 2. The normalized spacial score (nSPS) is 17.4. The van der Waals surface area contributed by atoms with E-state index in [0.29, 0.717) is 11.1 Å². The summed E-state index contributed by atoms with van der Waals surface area (Å²) in [6.07, 6.45) is -13.8. The first-order valence-corrected chi connectivity index (χ1v) is 5.61. The predicted molar refractivity (Wildman–Crippen MR) is 55.5 cm³/mol. The summed E-state index contributed by atoms with van der Waals surface area (Å²) in [5, 5.41) is 9.50. The summed E-state index contributed by atoms with van der Waals surface area (Å²) in [7, 11) is 0. The number of halogens is 6. The molecule has 0 aromatic heterocycles. The number of benzene rings is 1. The Bertz CT molecular complexity index is 480.